The summed E-state index contributed by atoms with van der Waals surface area (Å²) in [5.41, 5.74) is 1.70. The van der Waals surface area contributed by atoms with Gasteiger partial charge in [-0.2, -0.15) is 14.9 Å². The maximum absolute atomic E-state index is 5.19. The first kappa shape index (κ1) is 12.4. The highest BCUT2D eigenvalue weighted by Gasteiger charge is 2.08. The van der Waals surface area contributed by atoms with E-state index in [0.29, 0.717) is 16.3 Å². The highest BCUT2D eigenvalue weighted by atomic mass is 32.1. The van der Waals surface area contributed by atoms with E-state index in [1.807, 2.05) is 48.5 Å². The lowest BCUT2D eigenvalue weighted by molar-refractivity contribution is 0.867. The number of H-pyrrole nitrogens is 1. The molecule has 20 heavy (non-hydrogen) atoms. The lowest BCUT2D eigenvalue weighted by Gasteiger charge is -1.99. The zero-order valence-electron chi connectivity index (χ0n) is 10.5. The van der Waals surface area contributed by atoms with Crippen molar-refractivity contribution in [2.45, 2.75) is 0 Å². The average molecular weight is 281 g/mol. The first-order chi connectivity index (χ1) is 9.84. The van der Waals surface area contributed by atoms with Gasteiger partial charge in [0.15, 0.2) is 0 Å². The first-order valence-corrected chi connectivity index (χ1v) is 6.43. The van der Waals surface area contributed by atoms with E-state index in [1.54, 1.807) is 17.1 Å². The van der Waals surface area contributed by atoms with Crippen LogP contribution in [0.25, 0.3) is 11.5 Å². The highest BCUT2D eigenvalue weighted by molar-refractivity contribution is 7.71. The molecule has 5 nitrogen and oxygen atoms in total. The minimum absolute atomic E-state index is 0.429. The molecule has 1 N–H and O–H groups in total. The van der Waals surface area contributed by atoms with Crippen LogP contribution < -0.4 is 0 Å². The average Bonchev–Trinajstić information content (AvgIpc) is 2.88. The molecule has 98 valence electrons. The third-order valence-electron chi connectivity index (χ3n) is 2.67. The van der Waals surface area contributed by atoms with Crippen LogP contribution in [-0.2, 0) is 0 Å². The van der Waals surface area contributed by atoms with Crippen molar-refractivity contribution in [3.05, 3.63) is 65.1 Å². The van der Waals surface area contributed by atoms with Gasteiger partial charge in [0.2, 0.25) is 10.6 Å². The number of aromatic nitrogens is 4. The van der Waals surface area contributed by atoms with Crippen molar-refractivity contribution in [3.8, 4) is 11.5 Å². The standard InChI is InChI=1S/C14H11N5S/c20-14-18-17-13(12-8-4-5-9-15-12)19(14)16-10-11-6-2-1-3-7-11/h1-10H,(H,18,20)/b16-10-. The molecule has 0 aliphatic carbocycles. The van der Waals surface area contributed by atoms with Gasteiger partial charge in [0.05, 0.1) is 6.21 Å². The Bertz CT molecular complexity index is 774. The van der Waals surface area contributed by atoms with Crippen molar-refractivity contribution in [1.82, 2.24) is 19.9 Å². The molecule has 6 heteroatoms. The smallest absolute Gasteiger partial charge is 0.216 e. The van der Waals surface area contributed by atoms with Crippen LogP contribution in [0.15, 0.2) is 59.8 Å². The van der Waals surface area contributed by atoms with Gasteiger partial charge in [-0.3, -0.25) is 4.98 Å². The fourth-order valence-corrected chi connectivity index (χ4v) is 1.90. The zero-order chi connectivity index (χ0) is 13.8. The Hall–Kier alpha value is -2.60. The maximum atomic E-state index is 5.19. The molecule has 0 aliphatic heterocycles. The number of pyridine rings is 1. The normalized spacial score (nSPS) is 11.0. The molecule has 2 aromatic heterocycles. The number of nitrogens with zero attached hydrogens (tertiary/aromatic N) is 4. The van der Waals surface area contributed by atoms with Crippen molar-refractivity contribution in [2.75, 3.05) is 0 Å². The van der Waals surface area contributed by atoms with E-state index >= 15 is 0 Å². The molecule has 3 rings (SSSR count). The molecule has 0 saturated carbocycles. The van der Waals surface area contributed by atoms with Crippen LogP contribution in [0.2, 0.25) is 0 Å². The topological polar surface area (TPSA) is 58.9 Å². The van der Waals surface area contributed by atoms with E-state index in [9.17, 15) is 0 Å². The Morgan fingerprint density at radius 2 is 1.90 bits per heavy atom. The van der Waals surface area contributed by atoms with Crippen LogP contribution >= 0.6 is 12.2 Å². The van der Waals surface area contributed by atoms with Gasteiger partial charge in [0, 0.05) is 6.20 Å². The van der Waals surface area contributed by atoms with Gasteiger partial charge >= 0.3 is 0 Å². The van der Waals surface area contributed by atoms with E-state index in [2.05, 4.69) is 20.3 Å². The molecule has 0 saturated heterocycles. The number of benzene rings is 1. The molecule has 2 heterocycles. The van der Waals surface area contributed by atoms with E-state index in [-0.39, 0.29) is 0 Å². The molecule has 0 radical (unpaired) electrons. The maximum Gasteiger partial charge on any atom is 0.216 e. The molecule has 0 spiro atoms. The largest absolute Gasteiger partial charge is 0.253 e. The lowest BCUT2D eigenvalue weighted by Crippen LogP contribution is -1.96. The summed E-state index contributed by atoms with van der Waals surface area (Å²) in [6.07, 6.45) is 3.44. The van der Waals surface area contributed by atoms with E-state index in [0.717, 1.165) is 5.56 Å². The first-order valence-electron chi connectivity index (χ1n) is 6.03. The van der Waals surface area contributed by atoms with Crippen LogP contribution in [0, 0.1) is 4.77 Å². The predicted molar refractivity (Wildman–Crippen MR) is 80.1 cm³/mol. The second-order valence-corrected chi connectivity index (χ2v) is 4.42. The Morgan fingerprint density at radius 3 is 2.65 bits per heavy atom. The zero-order valence-corrected chi connectivity index (χ0v) is 11.3. The molecular formula is C14H11N5S. The van der Waals surface area contributed by atoms with E-state index < -0.39 is 0 Å². The Kier molecular flexibility index (Phi) is 3.47. The van der Waals surface area contributed by atoms with Gasteiger partial charge in [-0.05, 0) is 29.9 Å². The van der Waals surface area contributed by atoms with Crippen molar-refractivity contribution < 1.29 is 0 Å². The summed E-state index contributed by atoms with van der Waals surface area (Å²) in [5.74, 6) is 0.586. The molecular weight excluding hydrogens is 270 g/mol. The SMILES string of the molecule is S=c1[nH]nc(-c2ccccn2)n1/N=C\c1ccccc1. The third-order valence-corrected chi connectivity index (χ3v) is 2.93. The monoisotopic (exact) mass is 281 g/mol. The van der Waals surface area contributed by atoms with Crippen LogP contribution in [0.5, 0.6) is 0 Å². The van der Waals surface area contributed by atoms with Crippen LogP contribution in [-0.4, -0.2) is 26.1 Å². The number of nitrogens with one attached hydrogen (secondary N) is 1. The molecule has 0 aliphatic rings. The third kappa shape index (κ3) is 2.55. The molecule has 1 aromatic carbocycles. The van der Waals surface area contributed by atoms with Gasteiger partial charge in [0.1, 0.15) is 5.69 Å². The van der Waals surface area contributed by atoms with Crippen molar-refractivity contribution >= 4 is 18.4 Å². The summed E-state index contributed by atoms with van der Waals surface area (Å²) in [7, 11) is 0. The summed E-state index contributed by atoms with van der Waals surface area (Å²) in [6, 6.07) is 15.4. The fourth-order valence-electron chi connectivity index (χ4n) is 1.72. The predicted octanol–water partition coefficient (Wildman–Crippen LogP) is 2.88. The molecule has 0 unspecified atom stereocenters. The van der Waals surface area contributed by atoms with Crippen LogP contribution in [0.3, 0.4) is 0 Å². The molecule has 0 fully saturated rings. The van der Waals surface area contributed by atoms with Gasteiger partial charge in [-0.1, -0.05) is 36.4 Å². The van der Waals surface area contributed by atoms with Gasteiger partial charge in [0.25, 0.3) is 0 Å². The second-order valence-electron chi connectivity index (χ2n) is 4.03. The highest BCUT2D eigenvalue weighted by Crippen LogP contribution is 2.13. The Balaban J connectivity index is 2.01. The summed E-state index contributed by atoms with van der Waals surface area (Å²) in [5, 5.41) is 11.3. The van der Waals surface area contributed by atoms with Crippen molar-refractivity contribution in [1.29, 1.82) is 0 Å². The van der Waals surface area contributed by atoms with Gasteiger partial charge in [-0.25, -0.2) is 5.10 Å². The molecule has 0 atom stereocenters. The number of rotatable bonds is 3. The number of aromatic amines is 1. The summed E-state index contributed by atoms with van der Waals surface area (Å²) in [4.78, 5) is 4.25. The summed E-state index contributed by atoms with van der Waals surface area (Å²) >= 11 is 5.19. The van der Waals surface area contributed by atoms with Gasteiger partial charge < -0.3 is 0 Å². The summed E-state index contributed by atoms with van der Waals surface area (Å²) < 4.78 is 1.99. The summed E-state index contributed by atoms with van der Waals surface area (Å²) in [6.45, 7) is 0. The fraction of sp³-hybridized carbons (Fsp3) is 0. The molecule has 0 bridgehead atoms. The quantitative estimate of drug-likeness (QED) is 0.593. The number of hydrogen-bond acceptors (Lipinski definition) is 4. The van der Waals surface area contributed by atoms with E-state index in [4.69, 9.17) is 12.2 Å². The second kappa shape index (κ2) is 5.58. The minimum atomic E-state index is 0.429. The minimum Gasteiger partial charge on any atom is -0.253 e. The van der Waals surface area contributed by atoms with E-state index in [1.165, 1.54) is 0 Å². The molecule has 0 amide bonds. The molecule has 3 aromatic rings. The van der Waals surface area contributed by atoms with Crippen LogP contribution in [0.1, 0.15) is 5.56 Å². The Labute approximate surface area is 120 Å². The number of hydrogen-bond donors (Lipinski definition) is 1. The van der Waals surface area contributed by atoms with Crippen molar-refractivity contribution in [2.24, 2.45) is 5.10 Å². The Morgan fingerprint density at radius 1 is 1.10 bits per heavy atom. The van der Waals surface area contributed by atoms with Crippen molar-refractivity contribution in [3.63, 3.8) is 0 Å². The van der Waals surface area contributed by atoms with Crippen LogP contribution in [0.4, 0.5) is 0 Å². The lowest BCUT2D eigenvalue weighted by atomic mass is 10.2. The van der Waals surface area contributed by atoms with Gasteiger partial charge in [-0.15, -0.1) is 0 Å².